The summed E-state index contributed by atoms with van der Waals surface area (Å²) in [6.07, 6.45) is 1.11. The molecular formula is C15H20N2O5. The van der Waals surface area contributed by atoms with Crippen LogP contribution in [0.5, 0.6) is 11.5 Å². The third kappa shape index (κ3) is 4.11. The van der Waals surface area contributed by atoms with Crippen molar-refractivity contribution >= 4 is 17.5 Å². The molecule has 2 amide bonds. The fourth-order valence-electron chi connectivity index (χ4n) is 2.17. The van der Waals surface area contributed by atoms with E-state index in [-0.39, 0.29) is 18.4 Å². The van der Waals surface area contributed by atoms with Gasteiger partial charge in [-0.3, -0.25) is 9.59 Å². The molecule has 1 atom stereocenters. The smallest absolute Gasteiger partial charge is 0.249 e. The number of methoxy groups -OCH3 is 2. The summed E-state index contributed by atoms with van der Waals surface area (Å²) < 4.78 is 15.5. The maximum absolute atomic E-state index is 11.9. The summed E-state index contributed by atoms with van der Waals surface area (Å²) in [6, 6.07) is 5.08. The number of nitrogens with one attached hydrogen (secondary N) is 2. The van der Waals surface area contributed by atoms with Crippen molar-refractivity contribution in [3.8, 4) is 11.5 Å². The van der Waals surface area contributed by atoms with Crippen LogP contribution in [-0.2, 0) is 14.3 Å². The predicted molar refractivity (Wildman–Crippen MR) is 80.2 cm³/mol. The molecule has 0 spiro atoms. The van der Waals surface area contributed by atoms with Gasteiger partial charge in [0.1, 0.15) is 17.6 Å². The zero-order valence-corrected chi connectivity index (χ0v) is 12.7. The second-order valence-electron chi connectivity index (χ2n) is 4.83. The largest absolute Gasteiger partial charge is 0.497 e. The zero-order chi connectivity index (χ0) is 15.9. The molecule has 1 fully saturated rings. The van der Waals surface area contributed by atoms with Crippen molar-refractivity contribution in [2.24, 2.45) is 0 Å². The number of hydrogen-bond donors (Lipinski definition) is 2. The number of carbonyl (C=O) groups excluding carboxylic acids is 2. The Bertz CT molecular complexity index is 541. The normalized spacial score (nSPS) is 16.9. The Morgan fingerprint density at radius 1 is 1.32 bits per heavy atom. The third-order valence-corrected chi connectivity index (χ3v) is 3.33. The van der Waals surface area contributed by atoms with Crippen LogP contribution < -0.4 is 20.1 Å². The number of carbonyl (C=O) groups is 2. The quantitative estimate of drug-likeness (QED) is 0.817. The summed E-state index contributed by atoms with van der Waals surface area (Å²) in [5, 5.41) is 5.25. The number of hydrogen-bond acceptors (Lipinski definition) is 5. The van der Waals surface area contributed by atoms with Gasteiger partial charge in [0, 0.05) is 12.7 Å². The van der Waals surface area contributed by atoms with Gasteiger partial charge in [-0.25, -0.2) is 0 Å². The standard InChI is InChI=1S/C15H20N2O5/c1-20-10-5-6-12(21-2)11(8-10)17-14(18)9-16-15(19)13-4-3-7-22-13/h5-6,8,13H,3-4,7,9H2,1-2H3,(H,16,19)(H,17,18). The van der Waals surface area contributed by atoms with E-state index in [4.69, 9.17) is 14.2 Å². The van der Waals surface area contributed by atoms with Crippen LogP contribution in [0.3, 0.4) is 0 Å². The molecule has 0 radical (unpaired) electrons. The molecule has 1 aliphatic rings. The number of anilines is 1. The van der Waals surface area contributed by atoms with E-state index < -0.39 is 6.10 Å². The van der Waals surface area contributed by atoms with Crippen molar-refractivity contribution in [1.82, 2.24) is 5.32 Å². The lowest BCUT2D eigenvalue weighted by molar-refractivity contribution is -0.131. The Labute approximate surface area is 128 Å². The maximum Gasteiger partial charge on any atom is 0.249 e. The van der Waals surface area contributed by atoms with Gasteiger partial charge in [0.2, 0.25) is 11.8 Å². The number of benzene rings is 1. The molecule has 0 aromatic heterocycles. The van der Waals surface area contributed by atoms with Gasteiger partial charge >= 0.3 is 0 Å². The van der Waals surface area contributed by atoms with Gasteiger partial charge in [0.05, 0.1) is 26.5 Å². The molecule has 1 aromatic carbocycles. The SMILES string of the molecule is COc1ccc(OC)c(NC(=O)CNC(=O)C2CCCO2)c1. The highest BCUT2D eigenvalue weighted by Gasteiger charge is 2.23. The molecule has 7 nitrogen and oxygen atoms in total. The Kier molecular flexibility index (Phi) is 5.60. The van der Waals surface area contributed by atoms with Gasteiger partial charge in [-0.15, -0.1) is 0 Å². The van der Waals surface area contributed by atoms with Crippen LogP contribution in [0.4, 0.5) is 5.69 Å². The maximum atomic E-state index is 11.9. The second kappa shape index (κ2) is 7.65. The van der Waals surface area contributed by atoms with E-state index in [1.165, 1.54) is 14.2 Å². The minimum Gasteiger partial charge on any atom is -0.497 e. The zero-order valence-electron chi connectivity index (χ0n) is 12.7. The van der Waals surface area contributed by atoms with Gasteiger partial charge < -0.3 is 24.8 Å². The van der Waals surface area contributed by atoms with Crippen molar-refractivity contribution < 1.29 is 23.8 Å². The lowest BCUT2D eigenvalue weighted by atomic mass is 10.2. The van der Waals surface area contributed by atoms with Crippen molar-refractivity contribution in [3.63, 3.8) is 0 Å². The van der Waals surface area contributed by atoms with E-state index in [0.29, 0.717) is 30.2 Å². The van der Waals surface area contributed by atoms with E-state index in [9.17, 15) is 9.59 Å². The van der Waals surface area contributed by atoms with Gasteiger partial charge in [0.25, 0.3) is 0 Å². The Morgan fingerprint density at radius 2 is 2.14 bits per heavy atom. The van der Waals surface area contributed by atoms with Crippen molar-refractivity contribution in [1.29, 1.82) is 0 Å². The highest BCUT2D eigenvalue weighted by Crippen LogP contribution is 2.28. The molecule has 120 valence electrons. The first-order chi connectivity index (χ1) is 10.6. The van der Waals surface area contributed by atoms with Gasteiger partial charge in [-0.2, -0.15) is 0 Å². The molecule has 1 unspecified atom stereocenters. The highest BCUT2D eigenvalue weighted by molar-refractivity contribution is 5.96. The molecule has 0 aliphatic carbocycles. The first-order valence-electron chi connectivity index (χ1n) is 7.05. The highest BCUT2D eigenvalue weighted by atomic mass is 16.5. The van der Waals surface area contributed by atoms with Crippen LogP contribution in [-0.4, -0.2) is 45.3 Å². The van der Waals surface area contributed by atoms with Crippen molar-refractivity contribution in [2.75, 3.05) is 32.7 Å². The number of rotatable bonds is 6. The summed E-state index contributed by atoms with van der Waals surface area (Å²) >= 11 is 0. The lowest BCUT2D eigenvalue weighted by Gasteiger charge is -2.13. The van der Waals surface area contributed by atoms with Crippen molar-refractivity contribution in [3.05, 3.63) is 18.2 Å². The van der Waals surface area contributed by atoms with Crippen LogP contribution in [0, 0.1) is 0 Å². The van der Waals surface area contributed by atoms with E-state index >= 15 is 0 Å². The van der Waals surface area contributed by atoms with Gasteiger partial charge in [-0.05, 0) is 25.0 Å². The lowest BCUT2D eigenvalue weighted by Crippen LogP contribution is -2.39. The van der Waals surface area contributed by atoms with Crippen LogP contribution in [0.1, 0.15) is 12.8 Å². The number of amides is 2. The Hall–Kier alpha value is -2.28. The van der Waals surface area contributed by atoms with E-state index in [1.54, 1.807) is 18.2 Å². The molecule has 0 bridgehead atoms. The molecule has 1 saturated heterocycles. The van der Waals surface area contributed by atoms with Crippen LogP contribution >= 0.6 is 0 Å². The van der Waals surface area contributed by atoms with Gasteiger partial charge in [0.15, 0.2) is 0 Å². The van der Waals surface area contributed by atoms with Crippen molar-refractivity contribution in [2.45, 2.75) is 18.9 Å². The fourth-order valence-corrected chi connectivity index (χ4v) is 2.17. The number of ether oxygens (including phenoxy) is 3. The molecule has 1 aromatic rings. The predicted octanol–water partition coefficient (Wildman–Crippen LogP) is 0.937. The van der Waals surface area contributed by atoms with Crippen LogP contribution in [0.15, 0.2) is 18.2 Å². The molecule has 1 heterocycles. The fraction of sp³-hybridized carbons (Fsp3) is 0.467. The topological polar surface area (TPSA) is 85.9 Å². The molecule has 0 saturated carbocycles. The third-order valence-electron chi connectivity index (χ3n) is 3.33. The molecule has 2 N–H and O–H groups in total. The summed E-state index contributed by atoms with van der Waals surface area (Å²) in [4.78, 5) is 23.7. The Balaban J connectivity index is 1.89. The molecule has 1 aliphatic heterocycles. The first kappa shape index (κ1) is 16.1. The molecule has 22 heavy (non-hydrogen) atoms. The van der Waals surface area contributed by atoms with E-state index in [0.717, 1.165) is 6.42 Å². The Morgan fingerprint density at radius 3 is 2.77 bits per heavy atom. The summed E-state index contributed by atoms with van der Waals surface area (Å²) in [7, 11) is 3.05. The molecule has 7 heteroatoms. The first-order valence-corrected chi connectivity index (χ1v) is 7.05. The summed E-state index contributed by atoms with van der Waals surface area (Å²) in [5.41, 5.74) is 0.484. The average Bonchev–Trinajstić information content (AvgIpc) is 3.07. The summed E-state index contributed by atoms with van der Waals surface area (Å²) in [5.74, 6) is 0.502. The molecular weight excluding hydrogens is 288 g/mol. The average molecular weight is 308 g/mol. The monoisotopic (exact) mass is 308 g/mol. The molecule has 2 rings (SSSR count). The summed E-state index contributed by atoms with van der Waals surface area (Å²) in [6.45, 7) is 0.463. The van der Waals surface area contributed by atoms with Crippen LogP contribution in [0.2, 0.25) is 0 Å². The minimum atomic E-state index is -0.445. The van der Waals surface area contributed by atoms with E-state index in [2.05, 4.69) is 10.6 Å². The second-order valence-corrected chi connectivity index (χ2v) is 4.83. The van der Waals surface area contributed by atoms with Gasteiger partial charge in [-0.1, -0.05) is 0 Å². The van der Waals surface area contributed by atoms with Crippen LogP contribution in [0.25, 0.3) is 0 Å². The van der Waals surface area contributed by atoms with E-state index in [1.807, 2.05) is 0 Å². The minimum absolute atomic E-state index is 0.126.